The first kappa shape index (κ1) is 13.7. The molecule has 0 aliphatic rings. The van der Waals surface area contributed by atoms with Gasteiger partial charge in [-0.3, -0.25) is 10.1 Å². The molecule has 1 rings (SSSR count). The highest BCUT2D eigenvalue weighted by molar-refractivity contribution is 6.30. The van der Waals surface area contributed by atoms with E-state index in [0.29, 0.717) is 0 Å². The number of carbonyl (C=O) groups is 1. The molecule has 0 fully saturated rings. The molecule has 0 unspecified atom stereocenters. The molecule has 0 atom stereocenters. The molecular weight excluding hydrogens is 262 g/mol. The minimum absolute atomic E-state index is 0.0330. The summed E-state index contributed by atoms with van der Waals surface area (Å²) in [4.78, 5) is 24.5. The van der Waals surface area contributed by atoms with Crippen molar-refractivity contribution in [3.05, 3.63) is 26.9 Å². The number of anilines is 1. The molecule has 1 aromatic rings. The van der Waals surface area contributed by atoms with Gasteiger partial charge in [-0.25, -0.2) is 9.78 Å². The van der Waals surface area contributed by atoms with Gasteiger partial charge < -0.3 is 10.5 Å². The number of aromatic nitrogens is 1. The molecule has 7 nitrogen and oxygen atoms in total. The first-order valence-corrected chi connectivity index (χ1v) is 5.12. The Bertz CT molecular complexity index is 562. The van der Waals surface area contributed by atoms with Crippen LogP contribution in [-0.2, 0) is 9.53 Å². The number of esters is 1. The maximum absolute atomic E-state index is 11.0. The standard InChI is InChI=1S/C10H8ClN3O4/c1-2-18-8(15)4-3-6-5-7(14(16)17)10(12)13-9(6)11/h5H,2H2,1H3,(H2,12,13). The van der Waals surface area contributed by atoms with Gasteiger partial charge in [0.2, 0.25) is 5.82 Å². The van der Waals surface area contributed by atoms with E-state index in [2.05, 4.69) is 21.6 Å². The van der Waals surface area contributed by atoms with Crippen molar-refractivity contribution in [2.45, 2.75) is 6.92 Å². The molecule has 18 heavy (non-hydrogen) atoms. The second kappa shape index (κ2) is 5.84. The first-order valence-electron chi connectivity index (χ1n) is 4.75. The molecule has 0 saturated carbocycles. The summed E-state index contributed by atoms with van der Waals surface area (Å²) in [5.74, 6) is 3.40. The Labute approximate surface area is 107 Å². The lowest BCUT2D eigenvalue weighted by atomic mass is 10.2. The highest BCUT2D eigenvalue weighted by Gasteiger charge is 2.16. The zero-order valence-electron chi connectivity index (χ0n) is 9.27. The van der Waals surface area contributed by atoms with E-state index in [1.807, 2.05) is 0 Å². The highest BCUT2D eigenvalue weighted by Crippen LogP contribution is 2.24. The van der Waals surface area contributed by atoms with Crippen molar-refractivity contribution >= 4 is 29.1 Å². The van der Waals surface area contributed by atoms with Gasteiger partial charge in [0, 0.05) is 12.0 Å². The van der Waals surface area contributed by atoms with E-state index >= 15 is 0 Å². The molecule has 0 amide bonds. The van der Waals surface area contributed by atoms with E-state index < -0.39 is 16.6 Å². The number of pyridine rings is 1. The van der Waals surface area contributed by atoms with Gasteiger partial charge in [-0.15, -0.1) is 0 Å². The number of nitrogen functional groups attached to an aromatic ring is 1. The van der Waals surface area contributed by atoms with Crippen molar-refractivity contribution in [3.8, 4) is 11.8 Å². The minimum atomic E-state index is -0.756. The first-order chi connectivity index (χ1) is 8.45. The summed E-state index contributed by atoms with van der Waals surface area (Å²) in [5.41, 5.74) is 4.93. The van der Waals surface area contributed by atoms with E-state index in [1.165, 1.54) is 0 Å². The van der Waals surface area contributed by atoms with Crippen molar-refractivity contribution in [3.63, 3.8) is 0 Å². The zero-order chi connectivity index (χ0) is 13.7. The average Bonchev–Trinajstić information content (AvgIpc) is 2.27. The Morgan fingerprint density at radius 2 is 2.39 bits per heavy atom. The van der Waals surface area contributed by atoms with Crippen LogP contribution in [0.1, 0.15) is 12.5 Å². The number of nitrogens with zero attached hydrogens (tertiary/aromatic N) is 2. The second-order valence-electron chi connectivity index (χ2n) is 2.96. The molecule has 8 heteroatoms. The third kappa shape index (κ3) is 3.33. The molecular formula is C10H8ClN3O4. The maximum atomic E-state index is 11.0. The van der Waals surface area contributed by atoms with Gasteiger partial charge in [0.25, 0.3) is 0 Å². The van der Waals surface area contributed by atoms with Crippen LogP contribution < -0.4 is 5.73 Å². The highest BCUT2D eigenvalue weighted by atomic mass is 35.5. The molecule has 0 aliphatic heterocycles. The monoisotopic (exact) mass is 269 g/mol. The summed E-state index contributed by atoms with van der Waals surface area (Å²) >= 11 is 5.70. The van der Waals surface area contributed by atoms with Crippen LogP contribution in [0.15, 0.2) is 6.07 Å². The Morgan fingerprint density at radius 3 is 2.94 bits per heavy atom. The second-order valence-corrected chi connectivity index (χ2v) is 3.32. The van der Waals surface area contributed by atoms with Gasteiger partial charge in [-0.1, -0.05) is 17.5 Å². The number of nitro groups is 1. The van der Waals surface area contributed by atoms with Gasteiger partial charge in [0.1, 0.15) is 5.15 Å². The molecule has 0 radical (unpaired) electrons. The van der Waals surface area contributed by atoms with Gasteiger partial charge in [-0.05, 0) is 6.92 Å². The molecule has 0 aliphatic carbocycles. The zero-order valence-corrected chi connectivity index (χ0v) is 10.0. The van der Waals surface area contributed by atoms with Crippen LogP contribution in [0, 0.1) is 22.0 Å². The molecule has 1 aromatic heterocycles. The molecule has 1 heterocycles. The molecule has 0 saturated heterocycles. The average molecular weight is 270 g/mol. The van der Waals surface area contributed by atoms with Crippen molar-refractivity contribution in [2.75, 3.05) is 12.3 Å². The number of halogens is 1. The molecule has 94 valence electrons. The van der Waals surface area contributed by atoms with Crippen LogP contribution in [-0.4, -0.2) is 22.5 Å². The van der Waals surface area contributed by atoms with Gasteiger partial charge in [0.05, 0.1) is 17.1 Å². The van der Waals surface area contributed by atoms with E-state index in [-0.39, 0.29) is 23.1 Å². The van der Waals surface area contributed by atoms with E-state index in [0.717, 1.165) is 6.07 Å². The van der Waals surface area contributed by atoms with E-state index in [4.69, 9.17) is 17.3 Å². The number of nitrogens with two attached hydrogens (primary N) is 1. The number of carbonyl (C=O) groups excluding carboxylic acids is 1. The normalized spacial score (nSPS) is 9.22. The fraction of sp³-hybridized carbons (Fsp3) is 0.200. The SMILES string of the molecule is CCOC(=O)C#Cc1cc([N+](=O)[O-])c(N)nc1Cl. The number of hydrogen-bond acceptors (Lipinski definition) is 6. The largest absolute Gasteiger partial charge is 0.456 e. The van der Waals surface area contributed by atoms with Crippen LogP contribution >= 0.6 is 11.6 Å². The van der Waals surface area contributed by atoms with E-state index in [1.54, 1.807) is 6.92 Å². The smallest absolute Gasteiger partial charge is 0.384 e. The lowest BCUT2D eigenvalue weighted by molar-refractivity contribution is -0.384. The van der Waals surface area contributed by atoms with Crippen molar-refractivity contribution in [1.82, 2.24) is 4.98 Å². The molecule has 0 aromatic carbocycles. The Hall–Kier alpha value is -2.33. The van der Waals surface area contributed by atoms with Crippen LogP contribution in [0.3, 0.4) is 0 Å². The van der Waals surface area contributed by atoms with Gasteiger partial charge in [-0.2, -0.15) is 0 Å². The van der Waals surface area contributed by atoms with Gasteiger partial charge in [0.15, 0.2) is 0 Å². The maximum Gasteiger partial charge on any atom is 0.384 e. The predicted molar refractivity (Wildman–Crippen MR) is 63.8 cm³/mol. The fourth-order valence-electron chi connectivity index (χ4n) is 1.01. The Balaban J connectivity index is 3.13. The van der Waals surface area contributed by atoms with Crippen LogP contribution in [0.4, 0.5) is 11.5 Å². The topological polar surface area (TPSA) is 108 Å². The molecule has 2 N–H and O–H groups in total. The summed E-state index contributed by atoms with van der Waals surface area (Å²) < 4.78 is 4.57. The summed E-state index contributed by atoms with van der Waals surface area (Å²) in [6.45, 7) is 1.81. The summed E-state index contributed by atoms with van der Waals surface area (Å²) in [6.07, 6.45) is 0. The molecule has 0 bridgehead atoms. The number of rotatable bonds is 2. The minimum Gasteiger partial charge on any atom is -0.456 e. The van der Waals surface area contributed by atoms with Crippen LogP contribution in [0.2, 0.25) is 5.15 Å². The van der Waals surface area contributed by atoms with Crippen LogP contribution in [0.25, 0.3) is 0 Å². The van der Waals surface area contributed by atoms with Crippen molar-refractivity contribution in [2.24, 2.45) is 0 Å². The fourth-order valence-corrected chi connectivity index (χ4v) is 1.21. The number of hydrogen-bond donors (Lipinski definition) is 1. The predicted octanol–water partition coefficient (Wildman–Crippen LogP) is 1.14. The lowest BCUT2D eigenvalue weighted by Gasteiger charge is -1.99. The Kier molecular flexibility index (Phi) is 4.45. The lowest BCUT2D eigenvalue weighted by Crippen LogP contribution is -2.01. The summed E-state index contributed by atoms with van der Waals surface area (Å²) in [5, 5.41) is 10.5. The van der Waals surface area contributed by atoms with Gasteiger partial charge >= 0.3 is 11.7 Å². The van der Waals surface area contributed by atoms with Crippen LogP contribution in [0.5, 0.6) is 0 Å². The molecule has 0 spiro atoms. The summed E-state index contributed by atoms with van der Waals surface area (Å²) in [7, 11) is 0. The third-order valence-electron chi connectivity index (χ3n) is 1.76. The summed E-state index contributed by atoms with van der Waals surface area (Å²) in [6, 6.07) is 1.05. The number of ether oxygens (including phenoxy) is 1. The quantitative estimate of drug-likeness (QED) is 0.283. The van der Waals surface area contributed by atoms with E-state index in [9.17, 15) is 14.9 Å². The third-order valence-corrected chi connectivity index (χ3v) is 2.04. The van der Waals surface area contributed by atoms with Crippen molar-refractivity contribution < 1.29 is 14.5 Å². The Morgan fingerprint density at radius 1 is 1.72 bits per heavy atom. The van der Waals surface area contributed by atoms with Crippen molar-refractivity contribution in [1.29, 1.82) is 0 Å².